The smallest absolute Gasteiger partial charge is 0.344 e. The number of alkyl halides is 3. The minimum absolute atomic E-state index is 0.0319. The molecule has 0 aliphatic carbocycles. The lowest BCUT2D eigenvalue weighted by atomic mass is 10.1. The van der Waals surface area contributed by atoms with Crippen molar-refractivity contribution in [3.8, 4) is 0 Å². The van der Waals surface area contributed by atoms with E-state index in [1.54, 1.807) is 0 Å². The molecule has 5 nitrogen and oxygen atoms in total. The highest BCUT2D eigenvalue weighted by atomic mass is 35.5. The van der Waals surface area contributed by atoms with Gasteiger partial charge in [0, 0.05) is 30.9 Å². The minimum Gasteiger partial charge on any atom is -0.344 e. The first-order chi connectivity index (χ1) is 14.0. The van der Waals surface area contributed by atoms with Crippen LogP contribution in [0, 0.1) is 18.7 Å². The highest BCUT2D eigenvalue weighted by molar-refractivity contribution is 6.31. The zero-order chi connectivity index (χ0) is 22.2. The first kappa shape index (κ1) is 22.0. The van der Waals surface area contributed by atoms with Crippen LogP contribution < -0.4 is 9.80 Å². The Morgan fingerprint density at radius 3 is 2.60 bits per heavy atom. The van der Waals surface area contributed by atoms with Crippen LogP contribution in [0.15, 0.2) is 30.3 Å². The largest absolute Gasteiger partial charge is 0.416 e. The Hall–Kier alpha value is -2.68. The standard InChI is InChI=1S/C20H18ClF4N3O2/c1-11-5-13(20(23,24)25)7-18(26-11)28-9-12(10-29)6-17(28)19(30)27(2)14-3-4-16(22)15(21)8-14/h3-5,7-8,10,12,17H,6,9H2,1-2H3. The van der Waals surface area contributed by atoms with Crippen LogP contribution in [0.1, 0.15) is 17.7 Å². The van der Waals surface area contributed by atoms with E-state index in [1.807, 2.05) is 0 Å². The number of hydrogen-bond acceptors (Lipinski definition) is 4. The van der Waals surface area contributed by atoms with Crippen molar-refractivity contribution in [2.24, 2.45) is 5.92 Å². The molecule has 2 aromatic rings. The molecule has 2 unspecified atom stereocenters. The number of carbonyl (C=O) groups is 2. The third kappa shape index (κ3) is 4.40. The van der Waals surface area contributed by atoms with Gasteiger partial charge in [-0.15, -0.1) is 0 Å². The maximum absolute atomic E-state index is 13.4. The molecule has 0 spiro atoms. The molecule has 30 heavy (non-hydrogen) atoms. The SMILES string of the molecule is Cc1cc(C(F)(F)F)cc(N2CC(C=O)CC2C(=O)N(C)c2ccc(F)c(Cl)c2)n1. The lowest BCUT2D eigenvalue weighted by molar-refractivity contribution is -0.137. The predicted octanol–water partition coefficient (Wildman–Crippen LogP) is 4.26. The first-order valence-electron chi connectivity index (χ1n) is 9.01. The lowest BCUT2D eigenvalue weighted by Crippen LogP contribution is -2.44. The van der Waals surface area contributed by atoms with Crippen LogP contribution in [0.5, 0.6) is 0 Å². The molecule has 1 aromatic heterocycles. The number of benzene rings is 1. The second-order valence-electron chi connectivity index (χ2n) is 7.15. The molecule has 0 radical (unpaired) electrons. The molecule has 0 saturated carbocycles. The summed E-state index contributed by atoms with van der Waals surface area (Å²) in [7, 11) is 1.45. The number of hydrogen-bond donors (Lipinski definition) is 0. The molecular weight excluding hydrogens is 426 g/mol. The van der Waals surface area contributed by atoms with Gasteiger partial charge in [0.25, 0.3) is 0 Å². The van der Waals surface area contributed by atoms with Crippen LogP contribution in [0.2, 0.25) is 5.02 Å². The first-order valence-corrected chi connectivity index (χ1v) is 9.39. The van der Waals surface area contributed by atoms with Crippen molar-refractivity contribution in [2.45, 2.75) is 25.6 Å². The van der Waals surface area contributed by atoms with Gasteiger partial charge < -0.3 is 14.6 Å². The number of aryl methyl sites for hydroxylation is 1. The highest BCUT2D eigenvalue weighted by Crippen LogP contribution is 2.35. The van der Waals surface area contributed by atoms with Gasteiger partial charge >= 0.3 is 6.18 Å². The van der Waals surface area contributed by atoms with E-state index in [0.29, 0.717) is 12.0 Å². The number of anilines is 2. The van der Waals surface area contributed by atoms with Gasteiger partial charge in [-0.2, -0.15) is 13.2 Å². The fraction of sp³-hybridized carbons (Fsp3) is 0.350. The molecule has 1 fully saturated rings. The summed E-state index contributed by atoms with van der Waals surface area (Å²) in [6, 6.07) is 4.62. The number of amides is 1. The molecule has 3 rings (SSSR count). The zero-order valence-corrected chi connectivity index (χ0v) is 16.8. The number of aromatic nitrogens is 1. The maximum atomic E-state index is 13.4. The molecule has 1 aliphatic heterocycles. The van der Waals surface area contributed by atoms with Gasteiger partial charge in [0.1, 0.15) is 24.0 Å². The molecule has 1 amide bonds. The second-order valence-corrected chi connectivity index (χ2v) is 7.56. The van der Waals surface area contributed by atoms with Gasteiger partial charge in [-0.25, -0.2) is 9.37 Å². The number of aldehydes is 1. The molecule has 0 bridgehead atoms. The van der Waals surface area contributed by atoms with Crippen LogP contribution >= 0.6 is 11.6 Å². The minimum atomic E-state index is -4.58. The van der Waals surface area contributed by atoms with Gasteiger partial charge in [0.15, 0.2) is 0 Å². The average Bonchev–Trinajstić information content (AvgIpc) is 3.12. The summed E-state index contributed by atoms with van der Waals surface area (Å²) < 4.78 is 53.1. The van der Waals surface area contributed by atoms with Crippen LogP contribution in [0.4, 0.5) is 29.1 Å². The number of likely N-dealkylation sites (N-methyl/N-ethyl adjacent to an activating group) is 1. The molecule has 1 saturated heterocycles. The zero-order valence-electron chi connectivity index (χ0n) is 16.1. The molecule has 160 valence electrons. The number of carbonyl (C=O) groups excluding carboxylic acids is 2. The number of pyridine rings is 1. The van der Waals surface area contributed by atoms with Crippen LogP contribution in [-0.2, 0) is 15.8 Å². The van der Waals surface area contributed by atoms with Crippen LogP contribution in [0.25, 0.3) is 0 Å². The predicted molar refractivity (Wildman–Crippen MR) is 104 cm³/mol. The Morgan fingerprint density at radius 2 is 2.00 bits per heavy atom. The summed E-state index contributed by atoms with van der Waals surface area (Å²) in [5, 5.41) is -0.170. The Morgan fingerprint density at radius 1 is 1.30 bits per heavy atom. The molecule has 1 aliphatic rings. The van der Waals surface area contributed by atoms with Crippen molar-refractivity contribution < 1.29 is 27.2 Å². The van der Waals surface area contributed by atoms with Crippen molar-refractivity contribution in [3.63, 3.8) is 0 Å². The van der Waals surface area contributed by atoms with E-state index in [0.717, 1.165) is 18.2 Å². The molecule has 2 atom stereocenters. The maximum Gasteiger partial charge on any atom is 0.416 e. The third-order valence-corrected chi connectivity index (χ3v) is 5.28. The normalized spacial score (nSPS) is 19.1. The van der Waals surface area contributed by atoms with E-state index < -0.39 is 35.4 Å². The van der Waals surface area contributed by atoms with Gasteiger partial charge in [0.2, 0.25) is 5.91 Å². The number of halogens is 5. The van der Waals surface area contributed by atoms with Gasteiger partial charge in [-0.3, -0.25) is 4.79 Å². The second kappa shape index (κ2) is 8.22. The summed E-state index contributed by atoms with van der Waals surface area (Å²) >= 11 is 5.78. The highest BCUT2D eigenvalue weighted by Gasteiger charge is 2.40. The van der Waals surface area contributed by atoms with Crippen LogP contribution in [-0.4, -0.2) is 36.8 Å². The average molecular weight is 444 g/mol. The molecule has 2 heterocycles. The van der Waals surface area contributed by atoms with Gasteiger partial charge in [-0.1, -0.05) is 11.6 Å². The van der Waals surface area contributed by atoms with Crippen molar-refractivity contribution >= 4 is 35.3 Å². The Kier molecular flexibility index (Phi) is 6.03. The summed E-state index contributed by atoms with van der Waals surface area (Å²) in [5.41, 5.74) is -0.433. The lowest BCUT2D eigenvalue weighted by Gasteiger charge is -2.29. The van der Waals surface area contributed by atoms with Gasteiger partial charge in [-0.05, 0) is 43.7 Å². The summed E-state index contributed by atoms with van der Waals surface area (Å²) in [6.45, 7) is 1.49. The molecule has 0 N–H and O–H groups in total. The van der Waals surface area contributed by atoms with Crippen molar-refractivity contribution in [3.05, 3.63) is 52.4 Å². The van der Waals surface area contributed by atoms with E-state index in [2.05, 4.69) is 4.98 Å². The summed E-state index contributed by atoms with van der Waals surface area (Å²) in [4.78, 5) is 31.3. The molecule has 1 aromatic carbocycles. The molecular formula is C20H18ClF4N3O2. The topological polar surface area (TPSA) is 53.5 Å². The summed E-state index contributed by atoms with van der Waals surface area (Å²) in [5.74, 6) is -1.69. The van der Waals surface area contributed by atoms with Gasteiger partial charge in [0.05, 0.1) is 10.6 Å². The van der Waals surface area contributed by atoms with Crippen molar-refractivity contribution in [1.29, 1.82) is 0 Å². The number of nitrogens with zero attached hydrogens (tertiary/aromatic N) is 3. The summed E-state index contributed by atoms with van der Waals surface area (Å²) in [6.07, 6.45) is -3.78. The van der Waals surface area contributed by atoms with E-state index in [-0.39, 0.29) is 29.5 Å². The fourth-order valence-corrected chi connectivity index (χ4v) is 3.64. The number of rotatable bonds is 4. The van der Waals surface area contributed by atoms with Crippen LogP contribution in [0.3, 0.4) is 0 Å². The Labute approximate surface area is 175 Å². The van der Waals surface area contributed by atoms with Crippen molar-refractivity contribution in [1.82, 2.24) is 4.98 Å². The monoisotopic (exact) mass is 443 g/mol. The third-order valence-electron chi connectivity index (χ3n) is 4.99. The van der Waals surface area contributed by atoms with E-state index in [4.69, 9.17) is 11.6 Å². The quantitative estimate of drug-likeness (QED) is 0.523. The fourth-order valence-electron chi connectivity index (χ4n) is 3.46. The van der Waals surface area contributed by atoms with Crippen molar-refractivity contribution in [2.75, 3.05) is 23.4 Å². The molecule has 10 heteroatoms. The van der Waals surface area contributed by atoms with E-state index in [9.17, 15) is 27.2 Å². The Balaban J connectivity index is 1.96. The van der Waals surface area contributed by atoms with E-state index >= 15 is 0 Å². The van der Waals surface area contributed by atoms with E-state index in [1.165, 1.54) is 35.9 Å². The Bertz CT molecular complexity index is 983.